The van der Waals surface area contributed by atoms with Crippen molar-refractivity contribution in [1.29, 1.82) is 0 Å². The number of aromatic nitrogens is 5. The van der Waals surface area contributed by atoms with E-state index in [-0.39, 0.29) is 5.95 Å². The van der Waals surface area contributed by atoms with Gasteiger partial charge in [-0.2, -0.15) is 10.1 Å². The summed E-state index contributed by atoms with van der Waals surface area (Å²) in [6, 6.07) is 2.77. The Morgan fingerprint density at radius 1 is 1.20 bits per heavy atom. The molecule has 1 aliphatic carbocycles. The number of nitrogens with zero attached hydrogens (tertiary/aromatic N) is 6. The number of hydrogen-bond acceptors (Lipinski definition) is 8. The van der Waals surface area contributed by atoms with Crippen LogP contribution in [0.25, 0.3) is 11.0 Å². The number of rotatable bonds is 5. The second kappa shape index (κ2) is 6.80. The van der Waals surface area contributed by atoms with Crippen molar-refractivity contribution in [2.45, 2.75) is 45.2 Å². The topological polar surface area (TPSA) is 121 Å². The molecule has 0 bridgehead atoms. The molecule has 4 N–H and O–H groups in total. The van der Waals surface area contributed by atoms with Crippen LogP contribution in [0.5, 0.6) is 5.75 Å². The highest BCUT2D eigenvalue weighted by atomic mass is 16.5. The van der Waals surface area contributed by atoms with Crippen molar-refractivity contribution >= 4 is 22.8 Å². The summed E-state index contributed by atoms with van der Waals surface area (Å²) in [6.45, 7) is 7.42. The van der Waals surface area contributed by atoms with E-state index in [4.69, 9.17) is 21.2 Å². The van der Waals surface area contributed by atoms with Gasteiger partial charge in [0.25, 0.3) is 0 Å². The van der Waals surface area contributed by atoms with E-state index in [1.165, 1.54) is 31.5 Å². The molecule has 1 spiro atoms. The first kappa shape index (κ1) is 19.0. The molecular weight excluding hydrogens is 380 g/mol. The maximum Gasteiger partial charge on any atom is 0.222 e. The fourth-order valence-electron chi connectivity index (χ4n) is 4.97. The van der Waals surface area contributed by atoms with Gasteiger partial charge < -0.3 is 16.2 Å². The largest absolute Gasteiger partial charge is 0.495 e. The molecule has 0 amide bonds. The molecule has 0 unspecified atom stereocenters. The average Bonchev–Trinajstić information content (AvgIpc) is 3.02. The van der Waals surface area contributed by atoms with Crippen LogP contribution in [0.3, 0.4) is 0 Å². The maximum absolute atomic E-state index is 6.04. The van der Waals surface area contributed by atoms with E-state index in [9.17, 15) is 0 Å². The van der Waals surface area contributed by atoms with Crippen LogP contribution < -0.4 is 16.2 Å². The molecular formula is C21H28N8O. The number of fused-ring (bicyclic) bond motifs is 1. The van der Waals surface area contributed by atoms with Gasteiger partial charge in [0.1, 0.15) is 22.5 Å². The van der Waals surface area contributed by atoms with Gasteiger partial charge in [-0.3, -0.25) is 14.6 Å². The molecule has 0 radical (unpaired) electrons. The van der Waals surface area contributed by atoms with Crippen LogP contribution in [0, 0.1) is 5.41 Å². The van der Waals surface area contributed by atoms with Crippen molar-refractivity contribution in [3.8, 4) is 5.75 Å². The van der Waals surface area contributed by atoms with Crippen molar-refractivity contribution in [3.05, 3.63) is 29.7 Å². The van der Waals surface area contributed by atoms with E-state index in [1.807, 2.05) is 6.20 Å². The Morgan fingerprint density at radius 3 is 2.67 bits per heavy atom. The van der Waals surface area contributed by atoms with E-state index in [0.29, 0.717) is 40.8 Å². The van der Waals surface area contributed by atoms with Gasteiger partial charge in [-0.15, -0.1) is 0 Å². The number of likely N-dealkylation sites (tertiary alicyclic amines) is 1. The molecule has 9 nitrogen and oxygen atoms in total. The van der Waals surface area contributed by atoms with Gasteiger partial charge in [-0.05, 0) is 49.7 Å². The first-order valence-electron chi connectivity index (χ1n) is 10.4. The number of pyridine rings is 1. The summed E-state index contributed by atoms with van der Waals surface area (Å²) < 4.78 is 7.40. The van der Waals surface area contributed by atoms with Crippen LogP contribution in [-0.2, 0) is 6.54 Å². The monoisotopic (exact) mass is 408 g/mol. The third-order valence-corrected chi connectivity index (χ3v) is 6.64. The summed E-state index contributed by atoms with van der Waals surface area (Å²) >= 11 is 0. The highest BCUT2D eigenvalue weighted by Gasteiger charge is 2.52. The number of hydrogen-bond donors (Lipinski definition) is 2. The van der Waals surface area contributed by atoms with Gasteiger partial charge in [0, 0.05) is 25.3 Å². The first-order valence-corrected chi connectivity index (χ1v) is 10.4. The van der Waals surface area contributed by atoms with Gasteiger partial charge in [0.15, 0.2) is 5.82 Å². The Labute approximate surface area is 175 Å². The maximum atomic E-state index is 6.04. The predicted molar refractivity (Wildman–Crippen MR) is 115 cm³/mol. The number of nitrogen functional groups attached to an aromatic ring is 2. The summed E-state index contributed by atoms with van der Waals surface area (Å²) in [5.41, 5.74) is 15.6. The zero-order valence-electron chi connectivity index (χ0n) is 17.7. The smallest absolute Gasteiger partial charge is 0.222 e. The second-order valence-electron chi connectivity index (χ2n) is 9.02. The van der Waals surface area contributed by atoms with Gasteiger partial charge in [0.2, 0.25) is 5.95 Å². The van der Waals surface area contributed by atoms with E-state index >= 15 is 0 Å². The van der Waals surface area contributed by atoms with E-state index in [0.717, 1.165) is 11.4 Å². The summed E-state index contributed by atoms with van der Waals surface area (Å²) in [5.74, 6) is 1.78. The average molecular weight is 409 g/mol. The predicted octanol–water partition coefficient (Wildman–Crippen LogP) is 2.03. The SMILES string of the molecule is COc1cc(C2CC3(C2)CN(C(C)C)C3)cnc1Cn1ncc2nc(N)nc(N)c21. The Morgan fingerprint density at radius 2 is 1.97 bits per heavy atom. The van der Waals surface area contributed by atoms with E-state index in [2.05, 4.69) is 39.9 Å². The van der Waals surface area contributed by atoms with Crippen molar-refractivity contribution in [1.82, 2.24) is 29.6 Å². The fraction of sp³-hybridized carbons (Fsp3) is 0.524. The standard InChI is InChI=1S/C21H28N8O/c1-12(2)28-10-21(11-28)5-14(6-21)13-4-17(30-3)16(24-7-13)9-29-18-15(8-25-29)26-20(23)27-19(18)22/h4,7-8,12,14H,5-6,9-11H2,1-3H3,(H4,22,23,26,27). The van der Waals surface area contributed by atoms with Gasteiger partial charge in [0.05, 0.1) is 19.9 Å². The lowest BCUT2D eigenvalue weighted by molar-refractivity contribution is -0.0880. The second-order valence-corrected chi connectivity index (χ2v) is 9.02. The summed E-state index contributed by atoms with van der Waals surface area (Å²) in [6.07, 6.45) is 6.09. The lowest BCUT2D eigenvalue weighted by atomic mass is 9.56. The van der Waals surface area contributed by atoms with Crippen LogP contribution in [0.15, 0.2) is 18.5 Å². The molecule has 4 heterocycles. The zero-order chi connectivity index (χ0) is 21.0. The Hall–Kier alpha value is -2.94. The van der Waals surface area contributed by atoms with Gasteiger partial charge in [-0.1, -0.05) is 0 Å². The normalized spacial score (nSPS) is 18.7. The minimum Gasteiger partial charge on any atom is -0.495 e. The Balaban J connectivity index is 1.33. The van der Waals surface area contributed by atoms with Crippen molar-refractivity contribution in [2.24, 2.45) is 5.41 Å². The van der Waals surface area contributed by atoms with E-state index < -0.39 is 0 Å². The van der Waals surface area contributed by atoms with Crippen molar-refractivity contribution < 1.29 is 4.74 Å². The molecule has 9 heteroatoms. The molecule has 30 heavy (non-hydrogen) atoms. The molecule has 1 aliphatic heterocycles. The van der Waals surface area contributed by atoms with Gasteiger partial charge >= 0.3 is 0 Å². The molecule has 5 rings (SSSR count). The van der Waals surface area contributed by atoms with Crippen molar-refractivity contribution in [3.63, 3.8) is 0 Å². The molecule has 1 saturated carbocycles. The van der Waals surface area contributed by atoms with Crippen LogP contribution in [0.4, 0.5) is 11.8 Å². The van der Waals surface area contributed by atoms with Crippen LogP contribution in [-0.4, -0.2) is 55.9 Å². The quantitative estimate of drug-likeness (QED) is 0.658. The molecule has 0 atom stereocenters. The highest BCUT2D eigenvalue weighted by Crippen LogP contribution is 2.56. The van der Waals surface area contributed by atoms with Gasteiger partial charge in [-0.25, -0.2) is 4.98 Å². The highest BCUT2D eigenvalue weighted by molar-refractivity contribution is 5.85. The summed E-state index contributed by atoms with van der Waals surface area (Å²) in [4.78, 5) is 15.5. The van der Waals surface area contributed by atoms with Crippen LogP contribution in [0.2, 0.25) is 0 Å². The molecule has 0 aromatic carbocycles. The third-order valence-electron chi connectivity index (χ3n) is 6.64. The Bertz CT molecular complexity index is 1090. The fourth-order valence-corrected chi connectivity index (χ4v) is 4.97. The molecule has 3 aromatic heterocycles. The minimum absolute atomic E-state index is 0.140. The lowest BCUT2D eigenvalue weighted by Crippen LogP contribution is -2.63. The van der Waals surface area contributed by atoms with Crippen LogP contribution >= 0.6 is 0 Å². The molecule has 3 aromatic rings. The Kier molecular flexibility index (Phi) is 4.32. The summed E-state index contributed by atoms with van der Waals surface area (Å²) in [7, 11) is 1.68. The number of methoxy groups -OCH3 is 1. The van der Waals surface area contributed by atoms with Crippen molar-refractivity contribution in [2.75, 3.05) is 31.7 Å². The zero-order valence-corrected chi connectivity index (χ0v) is 17.7. The first-order chi connectivity index (χ1) is 14.4. The van der Waals surface area contributed by atoms with Crippen LogP contribution in [0.1, 0.15) is 43.9 Å². The lowest BCUT2D eigenvalue weighted by Gasteiger charge is -2.60. The molecule has 158 valence electrons. The summed E-state index contributed by atoms with van der Waals surface area (Å²) in [5, 5.41) is 4.39. The number of ether oxygens (including phenoxy) is 1. The minimum atomic E-state index is 0.140. The molecule has 2 aliphatic rings. The molecule has 2 fully saturated rings. The molecule has 1 saturated heterocycles. The number of anilines is 2. The number of nitrogens with two attached hydrogens (primary N) is 2. The third kappa shape index (κ3) is 3.04. The van der Waals surface area contributed by atoms with E-state index in [1.54, 1.807) is 18.0 Å².